The minimum Gasteiger partial charge on any atom is -0.515 e. The molecular weight excluding hydrogens is 212 g/mol. The van der Waals surface area contributed by atoms with Crippen LogP contribution in [-0.2, 0) is 4.74 Å². The molecule has 0 saturated heterocycles. The van der Waals surface area contributed by atoms with Gasteiger partial charge in [-0.15, -0.1) is 0 Å². The highest BCUT2D eigenvalue weighted by molar-refractivity contribution is 5.49. The van der Waals surface area contributed by atoms with E-state index >= 15 is 0 Å². The number of ether oxygens (including phenoxy) is 1. The van der Waals surface area contributed by atoms with Gasteiger partial charge in [0.05, 0.1) is 12.9 Å². The van der Waals surface area contributed by atoms with Crippen LogP contribution in [-0.4, -0.2) is 18.8 Å². The number of hydrogen-bond acceptors (Lipinski definition) is 2. The van der Waals surface area contributed by atoms with Crippen molar-refractivity contribution in [2.45, 2.75) is 39.5 Å². The molecule has 0 aliphatic heterocycles. The van der Waals surface area contributed by atoms with Gasteiger partial charge in [0.15, 0.2) is 0 Å². The van der Waals surface area contributed by atoms with Gasteiger partial charge >= 0.3 is 0 Å². The van der Waals surface area contributed by atoms with E-state index in [0.717, 1.165) is 18.6 Å². The second kappa shape index (κ2) is 5.09. The first-order valence-electron chi connectivity index (χ1n) is 6.41. The van der Waals surface area contributed by atoms with Crippen molar-refractivity contribution in [1.82, 2.24) is 0 Å². The summed E-state index contributed by atoms with van der Waals surface area (Å²) in [6.07, 6.45) is 5.89. The van der Waals surface area contributed by atoms with Crippen LogP contribution in [0.25, 0.3) is 0 Å². The molecule has 0 heterocycles. The molecule has 0 aromatic heterocycles. The van der Waals surface area contributed by atoms with Gasteiger partial charge in [0.1, 0.15) is 0 Å². The van der Waals surface area contributed by atoms with Gasteiger partial charge in [-0.3, -0.25) is 0 Å². The van der Waals surface area contributed by atoms with Crippen molar-refractivity contribution in [3.63, 3.8) is 0 Å². The Bertz CT molecular complexity index is 399. The van der Waals surface area contributed by atoms with Gasteiger partial charge in [-0.1, -0.05) is 0 Å². The van der Waals surface area contributed by atoms with Crippen LogP contribution in [0.1, 0.15) is 39.5 Å². The summed E-state index contributed by atoms with van der Waals surface area (Å²) in [4.78, 5) is 0. The summed E-state index contributed by atoms with van der Waals surface area (Å²) in [5.41, 5.74) is 6.69. The van der Waals surface area contributed by atoms with Crippen LogP contribution in [0.2, 0.25) is 0 Å². The average Bonchev–Trinajstić information content (AvgIpc) is 2.33. The van der Waals surface area contributed by atoms with E-state index in [2.05, 4.69) is 13.8 Å². The van der Waals surface area contributed by atoms with Gasteiger partial charge in [-0.05, 0) is 73.3 Å². The Hall–Kier alpha value is -1.02. The zero-order valence-electron chi connectivity index (χ0n) is 11.0. The monoisotopic (exact) mass is 234 g/mol. The largest absolute Gasteiger partial charge is 0.515 e. The van der Waals surface area contributed by atoms with E-state index in [1.54, 1.807) is 7.11 Å². The summed E-state index contributed by atoms with van der Waals surface area (Å²) >= 11 is 0. The second-order valence-corrected chi connectivity index (χ2v) is 5.13. The molecule has 1 unspecified atom stereocenters. The van der Waals surface area contributed by atoms with Crippen LogP contribution in [0.15, 0.2) is 34.1 Å². The molecule has 1 atom stereocenters. The molecule has 2 aliphatic rings. The Kier molecular flexibility index (Phi) is 3.72. The Morgan fingerprint density at radius 2 is 1.94 bits per heavy atom. The van der Waals surface area contributed by atoms with Crippen LogP contribution >= 0.6 is 0 Å². The molecule has 1 N–H and O–H groups in total. The number of aliphatic hydroxyl groups is 1. The van der Waals surface area contributed by atoms with E-state index < -0.39 is 0 Å². The Labute approximate surface area is 104 Å². The molecule has 0 bridgehead atoms. The highest BCUT2D eigenvalue weighted by Crippen LogP contribution is 2.44. The van der Waals surface area contributed by atoms with Crippen molar-refractivity contribution in [1.29, 1.82) is 0 Å². The van der Waals surface area contributed by atoms with Gasteiger partial charge in [-0.2, -0.15) is 0 Å². The van der Waals surface area contributed by atoms with Crippen LogP contribution in [0.5, 0.6) is 0 Å². The fourth-order valence-electron chi connectivity index (χ4n) is 3.26. The van der Waals surface area contributed by atoms with E-state index in [-0.39, 0.29) is 0 Å². The molecule has 2 rings (SSSR count). The molecule has 2 aliphatic carbocycles. The summed E-state index contributed by atoms with van der Waals surface area (Å²) in [6, 6.07) is 0. The third-order valence-electron chi connectivity index (χ3n) is 4.26. The molecule has 2 heteroatoms. The van der Waals surface area contributed by atoms with Gasteiger partial charge in [0, 0.05) is 7.11 Å². The van der Waals surface area contributed by atoms with E-state index in [4.69, 9.17) is 4.74 Å². The van der Waals surface area contributed by atoms with Gasteiger partial charge in [-0.25, -0.2) is 0 Å². The first-order chi connectivity index (χ1) is 8.19. The zero-order valence-corrected chi connectivity index (χ0v) is 11.0. The van der Waals surface area contributed by atoms with Gasteiger partial charge < -0.3 is 9.84 Å². The van der Waals surface area contributed by atoms with Crippen molar-refractivity contribution in [3.8, 4) is 0 Å². The molecule has 0 radical (unpaired) electrons. The third-order valence-corrected chi connectivity index (χ3v) is 4.26. The Morgan fingerprint density at radius 3 is 2.59 bits per heavy atom. The number of hydrogen-bond donors (Lipinski definition) is 1. The van der Waals surface area contributed by atoms with Gasteiger partial charge in [0.2, 0.25) is 0 Å². The lowest BCUT2D eigenvalue weighted by Crippen LogP contribution is -2.20. The predicted octanol–water partition coefficient (Wildman–Crippen LogP) is 3.91. The summed E-state index contributed by atoms with van der Waals surface area (Å²) in [6.45, 7) is 5.09. The van der Waals surface area contributed by atoms with Crippen molar-refractivity contribution >= 4 is 0 Å². The first-order valence-corrected chi connectivity index (χ1v) is 6.41. The Balaban J connectivity index is 2.44. The molecule has 2 nitrogen and oxygen atoms in total. The maximum absolute atomic E-state index is 9.27. The third kappa shape index (κ3) is 2.19. The fraction of sp³-hybridized carbons (Fsp3) is 0.600. The van der Waals surface area contributed by atoms with E-state index in [9.17, 15) is 5.11 Å². The van der Waals surface area contributed by atoms with Crippen LogP contribution in [0.3, 0.4) is 0 Å². The molecule has 0 saturated carbocycles. The van der Waals surface area contributed by atoms with Crippen LogP contribution in [0, 0.1) is 5.92 Å². The lowest BCUT2D eigenvalue weighted by Gasteiger charge is -2.34. The van der Waals surface area contributed by atoms with Crippen molar-refractivity contribution < 1.29 is 9.84 Å². The zero-order chi connectivity index (χ0) is 12.4. The fourth-order valence-corrected chi connectivity index (χ4v) is 3.26. The molecule has 0 fully saturated rings. The number of aliphatic hydroxyl groups excluding tert-OH is 1. The standard InChI is InChI=1S/C15H22O2/c1-10-13(8-16)6-4-12-5-7-14(9-17-3)11(2)15(10)12/h8,12,16H,4-7,9H2,1-3H3/b13-8+. The van der Waals surface area contributed by atoms with E-state index in [0.29, 0.717) is 5.92 Å². The molecule has 94 valence electrons. The number of methoxy groups -OCH3 is 1. The second-order valence-electron chi connectivity index (χ2n) is 5.13. The topological polar surface area (TPSA) is 29.5 Å². The molecule has 0 aromatic carbocycles. The molecule has 0 amide bonds. The molecule has 0 spiro atoms. The highest BCUT2D eigenvalue weighted by Gasteiger charge is 2.29. The minimum atomic E-state index is 0.694. The first kappa shape index (κ1) is 12.4. The molecule has 17 heavy (non-hydrogen) atoms. The predicted molar refractivity (Wildman–Crippen MR) is 69.9 cm³/mol. The lowest BCUT2D eigenvalue weighted by molar-refractivity contribution is 0.219. The van der Waals surface area contributed by atoms with Gasteiger partial charge in [0.25, 0.3) is 0 Å². The summed E-state index contributed by atoms with van der Waals surface area (Å²) in [5.74, 6) is 0.694. The van der Waals surface area contributed by atoms with Crippen molar-refractivity contribution in [2.24, 2.45) is 5.92 Å². The van der Waals surface area contributed by atoms with Crippen LogP contribution in [0.4, 0.5) is 0 Å². The number of fused-ring (bicyclic) bond motifs is 1. The number of allylic oxidation sites excluding steroid dienone is 4. The highest BCUT2D eigenvalue weighted by atomic mass is 16.5. The molecular formula is C15H22O2. The normalized spacial score (nSPS) is 27.7. The summed E-state index contributed by atoms with van der Waals surface area (Å²) in [5, 5.41) is 9.27. The quantitative estimate of drug-likeness (QED) is 0.734. The average molecular weight is 234 g/mol. The van der Waals surface area contributed by atoms with Crippen LogP contribution < -0.4 is 0 Å². The number of rotatable bonds is 2. The van der Waals surface area contributed by atoms with E-state index in [1.807, 2.05) is 0 Å². The SMILES string of the molecule is COCC1=C(C)C2=C(C)/C(=C/O)CCC2CC1. The van der Waals surface area contributed by atoms with Crippen molar-refractivity contribution in [3.05, 3.63) is 34.1 Å². The molecule has 0 aromatic rings. The maximum atomic E-state index is 9.27. The minimum absolute atomic E-state index is 0.694. The Morgan fingerprint density at radius 1 is 1.24 bits per heavy atom. The van der Waals surface area contributed by atoms with Crippen molar-refractivity contribution in [2.75, 3.05) is 13.7 Å². The smallest absolute Gasteiger partial charge is 0.0826 e. The van der Waals surface area contributed by atoms with E-state index in [1.165, 1.54) is 47.8 Å². The summed E-state index contributed by atoms with van der Waals surface area (Å²) < 4.78 is 5.28. The lowest BCUT2D eigenvalue weighted by atomic mass is 9.71. The maximum Gasteiger partial charge on any atom is 0.0826 e. The summed E-state index contributed by atoms with van der Waals surface area (Å²) in [7, 11) is 1.76.